The predicted molar refractivity (Wildman–Crippen MR) is 149 cm³/mol. The molecule has 4 rings (SSSR count). The van der Waals surface area contributed by atoms with Crippen molar-refractivity contribution in [3.05, 3.63) is 94.9 Å². The van der Waals surface area contributed by atoms with Gasteiger partial charge in [0, 0.05) is 11.6 Å². The molecule has 2 N–H and O–H groups in total. The summed E-state index contributed by atoms with van der Waals surface area (Å²) in [5.41, 5.74) is 8.51. The van der Waals surface area contributed by atoms with Gasteiger partial charge in [-0.15, -0.1) is 0 Å². The number of hydrogen-bond acceptors (Lipinski definition) is 7. The minimum absolute atomic E-state index is 0.0254. The minimum atomic E-state index is -0.507. The molecule has 0 saturated heterocycles. The van der Waals surface area contributed by atoms with Crippen LogP contribution < -0.4 is 24.7 Å². The third kappa shape index (κ3) is 6.91. The van der Waals surface area contributed by atoms with E-state index in [1.807, 2.05) is 31.2 Å². The molecular weight excluding hydrogens is 492 g/mol. The molecule has 0 saturated carbocycles. The first kappa shape index (κ1) is 27.6. The number of nitrogens with two attached hydrogens (primary N) is 1. The average Bonchev–Trinajstić information content (AvgIpc) is 2.95. The number of allylic oxidation sites excluding steroid dienone is 1. The smallest absolute Gasteiger partial charge is 0.343 e. The number of nitrogens with zero attached hydrogens (tertiary/aromatic N) is 1. The highest BCUT2D eigenvalue weighted by Gasteiger charge is 2.31. The largest absolute Gasteiger partial charge is 0.494 e. The van der Waals surface area contributed by atoms with E-state index in [2.05, 4.69) is 13.0 Å². The van der Waals surface area contributed by atoms with Crippen LogP contribution in [0.2, 0.25) is 0 Å². The monoisotopic (exact) mass is 526 g/mol. The lowest BCUT2D eigenvalue weighted by Gasteiger charge is -2.26. The molecule has 0 radical (unpaired) electrons. The fourth-order valence-electron chi connectivity index (χ4n) is 4.51. The topological polar surface area (TPSA) is 104 Å². The number of rotatable bonds is 12. The van der Waals surface area contributed by atoms with Crippen molar-refractivity contribution in [1.82, 2.24) is 0 Å². The van der Waals surface area contributed by atoms with E-state index in [4.69, 9.17) is 24.7 Å². The highest BCUT2D eigenvalue weighted by atomic mass is 16.5. The van der Waals surface area contributed by atoms with Crippen molar-refractivity contribution in [2.24, 2.45) is 5.73 Å². The molecule has 0 aliphatic carbocycles. The van der Waals surface area contributed by atoms with E-state index in [0.29, 0.717) is 41.6 Å². The molecule has 7 heteroatoms. The number of carbonyl (C=O) groups excluding carboxylic acids is 1. The normalized spacial score (nSPS) is 14.1. The molecule has 1 aliphatic heterocycles. The standard InChI is InChI=1S/C32H34N2O5/c1-3-5-6-7-8-19-37-25-13-9-22(10-14-25)30-27-18-17-26(20-29(27)39-31(34)28(30)21-33)38-32(35)23-11-15-24(16-12-23)36-4-2/h9-18,20,30H,3-8,19,34H2,1-2H3. The Hall–Kier alpha value is -4.44. The molecule has 3 aromatic carbocycles. The number of benzene rings is 3. The molecule has 202 valence electrons. The summed E-state index contributed by atoms with van der Waals surface area (Å²) in [6.07, 6.45) is 5.90. The lowest BCUT2D eigenvalue weighted by atomic mass is 9.83. The van der Waals surface area contributed by atoms with E-state index in [9.17, 15) is 10.1 Å². The maximum Gasteiger partial charge on any atom is 0.343 e. The lowest BCUT2D eigenvalue weighted by molar-refractivity contribution is 0.0734. The van der Waals surface area contributed by atoms with Gasteiger partial charge in [-0.3, -0.25) is 0 Å². The number of fused-ring (bicyclic) bond motifs is 1. The highest BCUT2D eigenvalue weighted by molar-refractivity contribution is 5.91. The summed E-state index contributed by atoms with van der Waals surface area (Å²) in [6.45, 7) is 5.32. The molecule has 0 spiro atoms. The van der Waals surface area contributed by atoms with Crippen molar-refractivity contribution < 1.29 is 23.7 Å². The third-order valence-electron chi connectivity index (χ3n) is 6.53. The molecule has 1 aliphatic rings. The first-order valence-corrected chi connectivity index (χ1v) is 13.4. The fraction of sp³-hybridized carbons (Fsp3) is 0.312. The molecule has 0 aromatic heterocycles. The molecular formula is C32H34N2O5. The first-order valence-electron chi connectivity index (χ1n) is 13.4. The fourth-order valence-corrected chi connectivity index (χ4v) is 4.51. The predicted octanol–water partition coefficient (Wildman–Crippen LogP) is 6.87. The van der Waals surface area contributed by atoms with Crippen molar-refractivity contribution in [2.75, 3.05) is 13.2 Å². The van der Waals surface area contributed by atoms with Crippen LogP contribution in [0.25, 0.3) is 0 Å². The second-order valence-electron chi connectivity index (χ2n) is 9.30. The van der Waals surface area contributed by atoms with Crippen molar-refractivity contribution in [2.45, 2.75) is 51.9 Å². The van der Waals surface area contributed by atoms with Gasteiger partial charge < -0.3 is 24.7 Å². The summed E-state index contributed by atoms with van der Waals surface area (Å²) in [5, 5.41) is 9.86. The Morgan fingerprint density at radius 1 is 0.897 bits per heavy atom. The Bertz CT molecular complexity index is 1340. The van der Waals surface area contributed by atoms with E-state index in [1.54, 1.807) is 42.5 Å². The van der Waals surface area contributed by atoms with Crippen LogP contribution in [-0.4, -0.2) is 19.2 Å². The summed E-state index contributed by atoms with van der Waals surface area (Å²) in [5.74, 6) is 1.30. The van der Waals surface area contributed by atoms with Gasteiger partial charge in [-0.2, -0.15) is 5.26 Å². The Kier molecular flexibility index (Phi) is 9.47. The molecule has 39 heavy (non-hydrogen) atoms. The van der Waals surface area contributed by atoms with Gasteiger partial charge in [0.15, 0.2) is 0 Å². The Morgan fingerprint density at radius 2 is 1.56 bits per heavy atom. The van der Waals surface area contributed by atoms with Gasteiger partial charge in [0.05, 0.1) is 24.7 Å². The van der Waals surface area contributed by atoms with Gasteiger partial charge in [-0.05, 0) is 61.4 Å². The van der Waals surface area contributed by atoms with Crippen LogP contribution in [0.15, 0.2) is 78.2 Å². The van der Waals surface area contributed by atoms with Gasteiger partial charge >= 0.3 is 5.97 Å². The lowest BCUT2D eigenvalue weighted by Crippen LogP contribution is -2.21. The van der Waals surface area contributed by atoms with E-state index in [-0.39, 0.29) is 5.88 Å². The van der Waals surface area contributed by atoms with Crippen molar-refractivity contribution in [1.29, 1.82) is 5.26 Å². The van der Waals surface area contributed by atoms with Gasteiger partial charge in [0.1, 0.15) is 34.6 Å². The number of nitriles is 1. The van der Waals surface area contributed by atoms with Crippen LogP contribution >= 0.6 is 0 Å². The van der Waals surface area contributed by atoms with Crippen LogP contribution in [0.4, 0.5) is 0 Å². The first-order chi connectivity index (χ1) is 19.0. The van der Waals surface area contributed by atoms with E-state index in [0.717, 1.165) is 29.7 Å². The molecule has 0 fully saturated rings. The maximum atomic E-state index is 12.7. The summed E-state index contributed by atoms with van der Waals surface area (Å²) in [4.78, 5) is 12.7. The summed E-state index contributed by atoms with van der Waals surface area (Å²) < 4.78 is 22.7. The Labute approximate surface area is 229 Å². The van der Waals surface area contributed by atoms with Crippen molar-refractivity contribution in [3.8, 4) is 29.1 Å². The SMILES string of the molecule is CCCCCCCOc1ccc(C2C(C#N)=C(N)Oc3cc(OC(=O)c4ccc(OCC)cc4)ccc32)cc1. The summed E-state index contributed by atoms with van der Waals surface area (Å²) in [6, 6.07) is 21.8. The van der Waals surface area contributed by atoms with Gasteiger partial charge in [0.25, 0.3) is 0 Å². The van der Waals surface area contributed by atoms with Crippen LogP contribution in [0.5, 0.6) is 23.0 Å². The van der Waals surface area contributed by atoms with Crippen LogP contribution in [0.1, 0.15) is 73.4 Å². The molecule has 1 heterocycles. The minimum Gasteiger partial charge on any atom is -0.494 e. The molecule has 0 bridgehead atoms. The van der Waals surface area contributed by atoms with Gasteiger partial charge in [-0.1, -0.05) is 50.8 Å². The van der Waals surface area contributed by atoms with Crippen molar-refractivity contribution >= 4 is 5.97 Å². The van der Waals surface area contributed by atoms with E-state index in [1.165, 1.54) is 19.3 Å². The zero-order chi connectivity index (χ0) is 27.6. The Balaban J connectivity index is 1.48. The van der Waals surface area contributed by atoms with Crippen LogP contribution in [-0.2, 0) is 0 Å². The van der Waals surface area contributed by atoms with Crippen LogP contribution in [0.3, 0.4) is 0 Å². The molecule has 1 atom stereocenters. The molecule has 3 aromatic rings. The summed E-state index contributed by atoms with van der Waals surface area (Å²) in [7, 11) is 0. The number of hydrogen-bond donors (Lipinski definition) is 1. The summed E-state index contributed by atoms with van der Waals surface area (Å²) >= 11 is 0. The van der Waals surface area contributed by atoms with Gasteiger partial charge in [0.2, 0.25) is 5.88 Å². The average molecular weight is 527 g/mol. The molecule has 7 nitrogen and oxygen atoms in total. The molecule has 0 amide bonds. The van der Waals surface area contributed by atoms with E-state index < -0.39 is 11.9 Å². The van der Waals surface area contributed by atoms with Gasteiger partial charge in [-0.25, -0.2) is 4.79 Å². The number of esters is 1. The number of carbonyl (C=O) groups is 1. The van der Waals surface area contributed by atoms with Crippen LogP contribution in [0, 0.1) is 11.3 Å². The third-order valence-corrected chi connectivity index (χ3v) is 6.53. The number of unbranched alkanes of at least 4 members (excludes halogenated alkanes) is 4. The number of ether oxygens (including phenoxy) is 4. The molecule has 1 unspecified atom stereocenters. The zero-order valence-electron chi connectivity index (χ0n) is 22.4. The second kappa shape index (κ2) is 13.4. The zero-order valence-corrected chi connectivity index (χ0v) is 22.4. The highest BCUT2D eigenvalue weighted by Crippen LogP contribution is 2.43. The van der Waals surface area contributed by atoms with Crippen molar-refractivity contribution in [3.63, 3.8) is 0 Å². The van der Waals surface area contributed by atoms with E-state index >= 15 is 0 Å². The second-order valence-corrected chi connectivity index (χ2v) is 9.30. The maximum absolute atomic E-state index is 12.7. The quantitative estimate of drug-likeness (QED) is 0.156. The Morgan fingerprint density at radius 3 is 2.26 bits per heavy atom.